The highest BCUT2D eigenvalue weighted by molar-refractivity contribution is 6.12. The van der Waals surface area contributed by atoms with Crippen LogP contribution in [-0.4, -0.2) is 23.1 Å². The Balaban J connectivity index is 2.93. The van der Waals surface area contributed by atoms with Crippen molar-refractivity contribution in [2.45, 2.75) is 0 Å². The van der Waals surface area contributed by atoms with Crippen LogP contribution in [0.25, 0.3) is 0 Å². The van der Waals surface area contributed by atoms with Gasteiger partial charge in [-0.3, -0.25) is 0 Å². The molecule has 0 aromatic heterocycles. The first-order valence-corrected chi connectivity index (χ1v) is 2.15. The standard InChI is InChI=1S/C2H4ClF3N2/c3-7(4)1-2-8(5)6/h1-2H2. The van der Waals surface area contributed by atoms with Crippen LogP contribution in [-0.2, 0) is 0 Å². The number of nitrogens with zero attached hydrogens (tertiary/aromatic N) is 2. The van der Waals surface area contributed by atoms with Crippen LogP contribution in [0.1, 0.15) is 0 Å². The molecular formula is C2H4ClF3N2. The first-order valence-electron chi connectivity index (χ1n) is 1.81. The number of rotatable bonds is 3. The lowest BCUT2D eigenvalue weighted by molar-refractivity contribution is -0.157. The molecular weight excluding hydrogens is 144 g/mol. The molecule has 0 spiro atoms. The largest absolute Gasteiger partial charge is 0.118 e. The number of hydrogen-bond donors (Lipinski definition) is 0. The summed E-state index contributed by atoms with van der Waals surface area (Å²) in [7, 11) is 0. The highest BCUT2D eigenvalue weighted by Gasteiger charge is 2.01. The lowest BCUT2D eigenvalue weighted by atomic mass is 10.7. The Labute approximate surface area is 49.3 Å². The third-order valence-corrected chi connectivity index (χ3v) is 0.607. The fraction of sp³-hybridized carbons (Fsp3) is 1.00. The molecule has 0 aromatic rings. The average Bonchev–Trinajstić information content (AvgIpc) is 1.61. The van der Waals surface area contributed by atoms with E-state index in [4.69, 9.17) is 0 Å². The molecule has 0 saturated heterocycles. The zero-order chi connectivity index (χ0) is 6.57. The van der Waals surface area contributed by atoms with Crippen LogP contribution in [0.2, 0.25) is 0 Å². The van der Waals surface area contributed by atoms with Crippen molar-refractivity contribution in [1.29, 1.82) is 0 Å². The van der Waals surface area contributed by atoms with Crippen LogP contribution >= 0.6 is 11.8 Å². The summed E-state index contributed by atoms with van der Waals surface area (Å²) in [5.74, 6) is 0. The van der Waals surface area contributed by atoms with E-state index in [1.165, 1.54) is 0 Å². The minimum atomic E-state index is -1.14. The summed E-state index contributed by atoms with van der Waals surface area (Å²) >= 11 is 4.53. The highest BCUT2D eigenvalue weighted by Crippen LogP contribution is 1.95. The molecule has 0 aromatic carbocycles. The van der Waals surface area contributed by atoms with Crippen molar-refractivity contribution in [2.75, 3.05) is 13.1 Å². The molecule has 0 radical (unpaired) electrons. The first kappa shape index (κ1) is 8.00. The van der Waals surface area contributed by atoms with Gasteiger partial charge in [-0.25, -0.2) is 0 Å². The van der Waals surface area contributed by atoms with Crippen LogP contribution in [0.4, 0.5) is 13.4 Å². The Kier molecular flexibility index (Phi) is 3.94. The van der Waals surface area contributed by atoms with Gasteiger partial charge in [-0.05, 0) is 0 Å². The molecule has 0 bridgehead atoms. The van der Waals surface area contributed by atoms with Crippen LogP contribution in [0, 0.1) is 0 Å². The van der Waals surface area contributed by atoms with Gasteiger partial charge in [-0.2, -0.15) is 0 Å². The second kappa shape index (κ2) is 3.94. The van der Waals surface area contributed by atoms with Crippen molar-refractivity contribution in [3.63, 3.8) is 0 Å². The van der Waals surface area contributed by atoms with Gasteiger partial charge in [0.25, 0.3) is 0 Å². The normalized spacial score (nSPS) is 11.2. The molecule has 6 heteroatoms. The maximum Gasteiger partial charge on any atom is 0.0787 e. The Hall–Kier alpha value is -0.0000000000000000555. The van der Waals surface area contributed by atoms with E-state index >= 15 is 0 Å². The van der Waals surface area contributed by atoms with Gasteiger partial charge in [0.1, 0.15) is 0 Å². The van der Waals surface area contributed by atoms with E-state index in [0.29, 0.717) is 0 Å². The fourth-order valence-corrected chi connectivity index (χ4v) is 0.227. The van der Waals surface area contributed by atoms with Gasteiger partial charge in [0, 0.05) is 17.1 Å². The lowest BCUT2D eigenvalue weighted by Crippen LogP contribution is -2.14. The Bertz CT molecular complexity index is 51.2. The van der Waals surface area contributed by atoms with E-state index < -0.39 is 18.4 Å². The quantitative estimate of drug-likeness (QED) is 0.559. The van der Waals surface area contributed by atoms with Crippen LogP contribution in [0.5, 0.6) is 0 Å². The molecule has 0 saturated carbocycles. The molecule has 0 rings (SSSR count). The van der Waals surface area contributed by atoms with Crippen LogP contribution < -0.4 is 0 Å². The van der Waals surface area contributed by atoms with Gasteiger partial charge in [-0.1, -0.05) is 4.64 Å². The van der Waals surface area contributed by atoms with E-state index in [-0.39, 0.29) is 4.64 Å². The van der Waals surface area contributed by atoms with Crippen LogP contribution in [0.3, 0.4) is 0 Å². The lowest BCUT2D eigenvalue weighted by Gasteiger charge is -2.00. The van der Waals surface area contributed by atoms with Crippen molar-refractivity contribution in [3.05, 3.63) is 0 Å². The van der Waals surface area contributed by atoms with Crippen molar-refractivity contribution in [2.24, 2.45) is 0 Å². The molecule has 0 heterocycles. The molecule has 2 nitrogen and oxygen atoms in total. The molecule has 8 heavy (non-hydrogen) atoms. The van der Waals surface area contributed by atoms with Crippen molar-refractivity contribution in [1.82, 2.24) is 9.99 Å². The minimum absolute atomic E-state index is 0.327. The Morgan fingerprint density at radius 3 is 1.75 bits per heavy atom. The van der Waals surface area contributed by atoms with Gasteiger partial charge >= 0.3 is 0 Å². The topological polar surface area (TPSA) is 6.48 Å². The van der Waals surface area contributed by atoms with Gasteiger partial charge in [0.2, 0.25) is 0 Å². The Morgan fingerprint density at radius 2 is 1.62 bits per heavy atom. The summed E-state index contributed by atoms with van der Waals surface area (Å²) < 4.78 is 32.9. The second-order valence-electron chi connectivity index (χ2n) is 1.05. The molecule has 0 aliphatic heterocycles. The second-order valence-corrected chi connectivity index (χ2v) is 1.42. The van der Waals surface area contributed by atoms with Gasteiger partial charge in [-0.15, -0.1) is 13.4 Å². The maximum atomic E-state index is 11.3. The third-order valence-electron chi connectivity index (χ3n) is 0.438. The molecule has 0 aliphatic carbocycles. The summed E-state index contributed by atoms with van der Waals surface area (Å²) in [6.45, 7) is -1.20. The monoisotopic (exact) mass is 148 g/mol. The predicted molar refractivity (Wildman–Crippen MR) is 22.6 cm³/mol. The zero-order valence-electron chi connectivity index (χ0n) is 3.82. The minimum Gasteiger partial charge on any atom is -0.118 e. The van der Waals surface area contributed by atoms with E-state index in [1.54, 1.807) is 0 Å². The summed E-state index contributed by atoms with van der Waals surface area (Å²) in [5, 5.41) is -1.14. The zero-order valence-corrected chi connectivity index (χ0v) is 4.58. The smallest absolute Gasteiger partial charge is 0.0787 e. The van der Waals surface area contributed by atoms with Crippen molar-refractivity contribution < 1.29 is 13.4 Å². The first-order chi connectivity index (χ1) is 3.63. The van der Waals surface area contributed by atoms with Gasteiger partial charge in [0.05, 0.1) is 13.1 Å². The van der Waals surface area contributed by atoms with Gasteiger partial charge in [0.15, 0.2) is 0 Å². The van der Waals surface area contributed by atoms with E-state index in [9.17, 15) is 13.4 Å². The van der Waals surface area contributed by atoms with Crippen molar-refractivity contribution >= 4 is 11.8 Å². The Morgan fingerprint density at radius 1 is 1.12 bits per heavy atom. The van der Waals surface area contributed by atoms with Crippen molar-refractivity contribution in [3.8, 4) is 0 Å². The molecule has 0 aliphatic rings. The molecule has 50 valence electrons. The molecule has 0 N–H and O–H groups in total. The number of halogens is 4. The molecule has 0 amide bonds. The van der Waals surface area contributed by atoms with E-state index in [1.807, 2.05) is 0 Å². The molecule has 0 fully saturated rings. The number of hydrogen-bond acceptors (Lipinski definition) is 2. The fourth-order valence-electron chi connectivity index (χ4n) is 0.151. The van der Waals surface area contributed by atoms with Crippen LogP contribution in [0.15, 0.2) is 0 Å². The summed E-state index contributed by atoms with van der Waals surface area (Å²) in [6, 6.07) is 0. The van der Waals surface area contributed by atoms with E-state index in [0.717, 1.165) is 0 Å². The maximum absolute atomic E-state index is 11.3. The summed E-state index contributed by atoms with van der Waals surface area (Å²) in [5.41, 5.74) is 0. The summed E-state index contributed by atoms with van der Waals surface area (Å²) in [4.78, 5) is 0. The van der Waals surface area contributed by atoms with E-state index in [2.05, 4.69) is 11.8 Å². The summed E-state index contributed by atoms with van der Waals surface area (Å²) in [6.07, 6.45) is 0. The SMILES string of the molecule is FN(F)CCN(F)Cl. The predicted octanol–water partition coefficient (Wildman–Crippen LogP) is 1.40. The highest BCUT2D eigenvalue weighted by atomic mass is 35.5. The molecule has 0 atom stereocenters. The van der Waals surface area contributed by atoms with Gasteiger partial charge < -0.3 is 0 Å². The molecule has 0 unspecified atom stereocenters. The third kappa shape index (κ3) is 6.00. The average molecular weight is 149 g/mol.